The van der Waals surface area contributed by atoms with E-state index in [-0.39, 0.29) is 0 Å². The first-order valence-corrected chi connectivity index (χ1v) is 51.3. The number of fused-ring (bicyclic) bond motifs is 33. The van der Waals surface area contributed by atoms with Crippen LogP contribution < -0.4 is 14.7 Å². The van der Waals surface area contributed by atoms with Crippen molar-refractivity contribution >= 4 is 308 Å². The molecule has 0 aliphatic heterocycles. The number of para-hydroxylation sites is 5. The molecule has 0 unspecified atom stereocenters. The van der Waals surface area contributed by atoms with Crippen molar-refractivity contribution in [2.24, 2.45) is 0 Å². The molecule has 31 rings (SSSR count). The summed E-state index contributed by atoms with van der Waals surface area (Å²) in [5, 5.41) is 32.5. The Morgan fingerprint density at radius 2 is 0.444 bits per heavy atom. The second-order valence-electron chi connectivity index (χ2n) is 36.7. The summed E-state index contributed by atoms with van der Waals surface area (Å²) >= 11 is 7.50. The Labute approximate surface area is 830 Å². The van der Waals surface area contributed by atoms with Crippen molar-refractivity contribution in [3.63, 3.8) is 0 Å². The largest absolute Gasteiger partial charge is 0.456 e. The molecule has 0 saturated heterocycles. The molecule has 7 aromatic heterocycles. The number of thiophene rings is 4. The van der Waals surface area contributed by atoms with E-state index in [1.165, 1.54) is 173 Å². The molecular weight excluding hydrogens is 1800 g/mol. The van der Waals surface area contributed by atoms with Gasteiger partial charge in [0.15, 0.2) is 0 Å². The van der Waals surface area contributed by atoms with Gasteiger partial charge in [0, 0.05) is 166 Å². The number of nitrogens with zero attached hydrogens (tertiary/aromatic N) is 3. The predicted molar refractivity (Wildman–Crippen MR) is 613 cm³/mol. The molecule has 6 nitrogen and oxygen atoms in total. The van der Waals surface area contributed by atoms with Crippen molar-refractivity contribution in [1.82, 2.24) is 0 Å². The van der Waals surface area contributed by atoms with Gasteiger partial charge in [0.2, 0.25) is 0 Å². The highest BCUT2D eigenvalue weighted by Gasteiger charge is 2.27. The Balaban J connectivity index is 0.000000102. The highest BCUT2D eigenvalue weighted by molar-refractivity contribution is 7.27. The van der Waals surface area contributed by atoms with Gasteiger partial charge in [-0.15, -0.1) is 45.3 Å². The highest BCUT2D eigenvalue weighted by atomic mass is 32.1. The lowest BCUT2D eigenvalue weighted by atomic mass is 9.96. The number of hydrogen-bond donors (Lipinski definition) is 0. The van der Waals surface area contributed by atoms with Gasteiger partial charge in [0.1, 0.15) is 33.5 Å². The Bertz CT molecular complexity index is 10500. The van der Waals surface area contributed by atoms with E-state index in [1.807, 2.05) is 81.7 Å². The van der Waals surface area contributed by atoms with Crippen LogP contribution in [0.1, 0.15) is 0 Å². The van der Waals surface area contributed by atoms with E-state index < -0.39 is 0 Å². The van der Waals surface area contributed by atoms with Crippen LogP contribution in [0.25, 0.3) is 233 Å². The molecule has 0 N–H and O–H groups in total. The first kappa shape index (κ1) is 81.7. The maximum Gasteiger partial charge on any atom is 0.137 e. The topological polar surface area (TPSA) is 49.1 Å². The average molecular weight is 1880 g/mol. The first-order chi connectivity index (χ1) is 70.4. The number of anilines is 9. The third-order valence-electron chi connectivity index (χ3n) is 28.7. The molecule has 31 aromatic rings. The minimum Gasteiger partial charge on any atom is -0.456 e. The van der Waals surface area contributed by atoms with Gasteiger partial charge in [0.25, 0.3) is 0 Å². The van der Waals surface area contributed by atoms with Crippen LogP contribution in [-0.4, -0.2) is 0 Å². The van der Waals surface area contributed by atoms with Crippen LogP contribution in [-0.2, 0) is 0 Å². The number of hydrogen-bond acceptors (Lipinski definition) is 10. The molecule has 0 aliphatic carbocycles. The van der Waals surface area contributed by atoms with Gasteiger partial charge in [-0.25, -0.2) is 0 Å². The van der Waals surface area contributed by atoms with Crippen molar-refractivity contribution in [2.75, 3.05) is 14.7 Å². The van der Waals surface area contributed by atoms with E-state index in [0.717, 1.165) is 111 Å². The summed E-state index contributed by atoms with van der Waals surface area (Å²) in [7, 11) is 0. The van der Waals surface area contributed by atoms with E-state index in [9.17, 15) is 0 Å². The second-order valence-corrected chi connectivity index (χ2v) is 41.0. The minimum absolute atomic E-state index is 0.862. The smallest absolute Gasteiger partial charge is 0.137 e. The molecule has 10 heteroatoms. The van der Waals surface area contributed by atoms with Crippen LogP contribution in [0.5, 0.6) is 0 Å². The Morgan fingerprint density at radius 1 is 0.148 bits per heavy atom. The van der Waals surface area contributed by atoms with Gasteiger partial charge in [-0.2, -0.15) is 0 Å². The van der Waals surface area contributed by atoms with Crippen LogP contribution in [0.3, 0.4) is 0 Å². The molecule has 0 spiro atoms. The van der Waals surface area contributed by atoms with E-state index in [0.29, 0.717) is 0 Å². The second kappa shape index (κ2) is 33.1. The van der Waals surface area contributed by atoms with Crippen LogP contribution in [0.15, 0.2) is 492 Å². The van der Waals surface area contributed by atoms with Crippen molar-refractivity contribution in [3.8, 4) is 22.3 Å². The molecule has 0 bridgehead atoms. The van der Waals surface area contributed by atoms with Gasteiger partial charge in [-0.3, -0.25) is 0 Å². The number of rotatable bonds is 11. The molecule has 7 heterocycles. The lowest BCUT2D eigenvalue weighted by Gasteiger charge is -2.29. The van der Waals surface area contributed by atoms with Gasteiger partial charge in [-0.05, 0) is 233 Å². The van der Waals surface area contributed by atoms with E-state index in [4.69, 9.17) is 13.3 Å². The lowest BCUT2D eigenvalue weighted by molar-refractivity contribution is 0.668. The third kappa shape index (κ3) is 13.4. The highest BCUT2D eigenvalue weighted by Crippen LogP contribution is 2.54. The summed E-state index contributed by atoms with van der Waals surface area (Å²) in [5.41, 5.74) is 20.0. The summed E-state index contributed by atoms with van der Waals surface area (Å²) in [6.45, 7) is 0. The lowest BCUT2D eigenvalue weighted by Crippen LogP contribution is -2.11. The van der Waals surface area contributed by atoms with E-state index in [1.54, 1.807) is 0 Å². The Morgan fingerprint density at radius 3 is 0.908 bits per heavy atom. The zero-order valence-corrected chi connectivity index (χ0v) is 79.6. The standard InChI is InChI=1S/C44H25NO2S.C44H27NOS.C44H27NS2/c1-4-10-37-31(7-1)33-20-18-29(24-39(33)46-37)45(30-19-21-34-32-8-2-5-11-38(32)47-40(34)25-30)28-17-15-26-13-14-27-16-22-42-44(43(27)36(26)23-28)35-9-3-6-12-41(35)48-42;1-2-10-28(11-3-1)33-12-4-7-15-38(33)45(32-23-24-40-37(27-32)34-13-5-8-16-39(34)46-40)31-22-20-29-18-19-30-21-25-42-44(43(30)36(29)26-31)35-14-6-9-17-41(35)47-42;1-2-11-28(12-3-1)32-13-4-7-17-37(32)45(38-18-10-16-34-33-14-5-8-19-39(33)47-44(34)38)31-25-23-29-21-22-30-24-26-41-43(42(30)36(29)27-31)35-15-6-9-20-40(35)46-41/h1-25H;2*1-27H. The zero-order valence-electron chi connectivity index (χ0n) is 76.3. The normalized spacial score (nSPS) is 11.9. The maximum atomic E-state index is 6.39. The van der Waals surface area contributed by atoms with Crippen LogP contribution in [0, 0.1) is 0 Å². The summed E-state index contributed by atoms with van der Waals surface area (Å²) in [6, 6.07) is 173. The summed E-state index contributed by atoms with van der Waals surface area (Å²) < 4.78 is 29.6. The van der Waals surface area contributed by atoms with Crippen molar-refractivity contribution in [2.45, 2.75) is 0 Å². The molecule has 0 amide bonds. The molecule has 0 radical (unpaired) electrons. The predicted octanol–water partition coefficient (Wildman–Crippen LogP) is 40.9. The van der Waals surface area contributed by atoms with Crippen molar-refractivity contribution in [3.05, 3.63) is 479 Å². The fourth-order valence-corrected chi connectivity index (χ4v) is 26.8. The first-order valence-electron chi connectivity index (χ1n) is 48.0. The van der Waals surface area contributed by atoms with Gasteiger partial charge >= 0.3 is 0 Å². The minimum atomic E-state index is 0.862. The van der Waals surface area contributed by atoms with Crippen LogP contribution >= 0.6 is 45.3 Å². The van der Waals surface area contributed by atoms with Gasteiger partial charge in [0.05, 0.1) is 21.8 Å². The average Bonchev–Trinajstić information content (AvgIpc) is 1.42. The number of benzene rings is 24. The van der Waals surface area contributed by atoms with E-state index in [2.05, 4.69) is 458 Å². The quantitative estimate of drug-likeness (QED) is 0.120. The summed E-state index contributed by atoms with van der Waals surface area (Å²) in [5.74, 6) is 0. The molecule has 142 heavy (non-hydrogen) atoms. The summed E-state index contributed by atoms with van der Waals surface area (Å²) in [6.07, 6.45) is 0. The fraction of sp³-hybridized carbons (Fsp3) is 0. The van der Waals surface area contributed by atoms with Crippen molar-refractivity contribution in [1.29, 1.82) is 0 Å². The van der Waals surface area contributed by atoms with Gasteiger partial charge < -0.3 is 28.0 Å². The summed E-state index contributed by atoms with van der Waals surface area (Å²) in [4.78, 5) is 7.22. The van der Waals surface area contributed by atoms with Crippen molar-refractivity contribution < 1.29 is 13.3 Å². The monoisotopic (exact) mass is 1880 g/mol. The van der Waals surface area contributed by atoms with Crippen LogP contribution in [0.4, 0.5) is 51.2 Å². The fourth-order valence-electron chi connectivity index (χ4n) is 22.3. The number of furan rings is 3. The molecule has 0 saturated carbocycles. The molecule has 0 atom stereocenters. The molecule has 0 aliphatic rings. The molecular formula is C132H79N3O3S4. The third-order valence-corrected chi connectivity index (χ3v) is 33.3. The maximum absolute atomic E-state index is 6.39. The van der Waals surface area contributed by atoms with Crippen LogP contribution in [0.2, 0.25) is 0 Å². The Hall–Kier alpha value is -17.5. The Kier molecular flexibility index (Phi) is 19.1. The van der Waals surface area contributed by atoms with Gasteiger partial charge in [-0.1, -0.05) is 309 Å². The molecule has 0 fully saturated rings. The zero-order chi connectivity index (χ0) is 93.1. The molecule has 664 valence electrons. The molecule has 24 aromatic carbocycles. The SMILES string of the molecule is c1ccc(-c2ccccc2N(c2ccc3ccc4ccc5sc6ccccc6c5c4c3c2)c2cccc3c2sc2ccccc23)cc1.c1ccc(-c2ccccc2N(c2ccc3oc4ccccc4c3c2)c2ccc3ccc4ccc5sc6ccccc6c5c4c3c2)cc1.c1ccc2c(c1)oc1cc(N(c3ccc4c(c3)oc3ccccc34)c3ccc4ccc5ccc6sc7ccccc7c6c5c4c3)ccc12. The van der Waals surface area contributed by atoms with E-state index >= 15 is 0 Å².